The first-order valence-corrected chi connectivity index (χ1v) is 5.40. The number of nitrogens with two attached hydrogens (primary N) is 2. The maximum Gasteiger partial charge on any atom is 0.197 e. The van der Waals surface area contributed by atoms with Gasteiger partial charge in [-0.3, -0.25) is 4.79 Å². The van der Waals surface area contributed by atoms with E-state index in [0.29, 0.717) is 23.3 Å². The number of benzene rings is 1. The van der Waals surface area contributed by atoms with Crippen LogP contribution >= 0.6 is 0 Å². The van der Waals surface area contributed by atoms with Crippen molar-refractivity contribution in [2.75, 3.05) is 6.61 Å². The molecule has 1 aromatic heterocycles. The third-order valence-electron chi connectivity index (χ3n) is 2.41. The van der Waals surface area contributed by atoms with Gasteiger partial charge in [0.05, 0.1) is 6.61 Å². The molecule has 18 heavy (non-hydrogen) atoms. The second-order valence-corrected chi connectivity index (χ2v) is 3.55. The van der Waals surface area contributed by atoms with E-state index in [-0.39, 0.29) is 17.0 Å². The van der Waals surface area contributed by atoms with Gasteiger partial charge in [0, 0.05) is 6.07 Å². The standard InChI is InChI=1S/C12H13N3O3/c1-2-17-8-4-3-5-9-11(8)7(16)6-10(18-9)12(13)15-14/h3-6H,2,14H2,1H3,(H2,13,15). The highest BCUT2D eigenvalue weighted by molar-refractivity contribution is 5.96. The van der Waals surface area contributed by atoms with E-state index < -0.39 is 0 Å². The van der Waals surface area contributed by atoms with Crippen LogP contribution in [-0.4, -0.2) is 12.4 Å². The van der Waals surface area contributed by atoms with Gasteiger partial charge in [0.1, 0.15) is 16.7 Å². The normalized spacial score (nSPS) is 11.7. The van der Waals surface area contributed by atoms with Crippen LogP contribution in [0.3, 0.4) is 0 Å². The lowest BCUT2D eigenvalue weighted by molar-refractivity contribution is 0.343. The van der Waals surface area contributed by atoms with E-state index >= 15 is 0 Å². The molecule has 6 nitrogen and oxygen atoms in total. The summed E-state index contributed by atoms with van der Waals surface area (Å²) < 4.78 is 10.8. The van der Waals surface area contributed by atoms with Gasteiger partial charge in [-0.15, -0.1) is 0 Å². The molecule has 0 bridgehead atoms. The molecule has 0 spiro atoms. The molecule has 0 saturated carbocycles. The van der Waals surface area contributed by atoms with Crippen molar-refractivity contribution < 1.29 is 9.15 Å². The van der Waals surface area contributed by atoms with Gasteiger partial charge in [-0.2, -0.15) is 5.10 Å². The van der Waals surface area contributed by atoms with Crippen LogP contribution in [0.2, 0.25) is 0 Å². The second-order valence-electron chi connectivity index (χ2n) is 3.55. The zero-order valence-electron chi connectivity index (χ0n) is 9.84. The van der Waals surface area contributed by atoms with E-state index in [0.717, 1.165) is 0 Å². The van der Waals surface area contributed by atoms with Crippen LogP contribution in [0.25, 0.3) is 11.0 Å². The molecule has 4 N–H and O–H groups in total. The zero-order chi connectivity index (χ0) is 13.1. The number of fused-ring (bicyclic) bond motifs is 1. The summed E-state index contributed by atoms with van der Waals surface area (Å²) in [6.45, 7) is 2.31. The first-order valence-electron chi connectivity index (χ1n) is 5.40. The van der Waals surface area contributed by atoms with Gasteiger partial charge in [0.25, 0.3) is 0 Å². The molecule has 0 aliphatic heterocycles. The average molecular weight is 247 g/mol. The molecule has 94 valence electrons. The highest BCUT2D eigenvalue weighted by Gasteiger charge is 2.11. The maximum atomic E-state index is 12.0. The van der Waals surface area contributed by atoms with E-state index in [2.05, 4.69) is 5.10 Å². The minimum atomic E-state index is -0.248. The topological polar surface area (TPSA) is 104 Å². The number of ether oxygens (including phenoxy) is 1. The van der Waals surface area contributed by atoms with Crippen molar-refractivity contribution in [3.8, 4) is 5.75 Å². The minimum Gasteiger partial charge on any atom is -0.493 e. The third-order valence-corrected chi connectivity index (χ3v) is 2.41. The Bertz CT molecular complexity index is 661. The summed E-state index contributed by atoms with van der Waals surface area (Å²) in [6.07, 6.45) is 0. The molecular formula is C12H13N3O3. The van der Waals surface area contributed by atoms with Crippen LogP contribution in [0.4, 0.5) is 0 Å². The summed E-state index contributed by atoms with van der Waals surface area (Å²) in [5.41, 5.74) is 5.65. The van der Waals surface area contributed by atoms with Crippen LogP contribution in [0.15, 0.2) is 38.6 Å². The summed E-state index contributed by atoms with van der Waals surface area (Å²) in [5, 5.41) is 3.68. The Hall–Kier alpha value is -2.50. The molecule has 2 rings (SSSR count). The Labute approximate surface area is 103 Å². The average Bonchev–Trinajstić information content (AvgIpc) is 2.38. The quantitative estimate of drug-likeness (QED) is 0.361. The number of hydrazone groups is 1. The molecule has 0 radical (unpaired) electrons. The van der Waals surface area contributed by atoms with Gasteiger partial charge in [0.15, 0.2) is 17.0 Å². The van der Waals surface area contributed by atoms with Crippen molar-refractivity contribution in [1.82, 2.24) is 0 Å². The highest BCUT2D eigenvalue weighted by Crippen LogP contribution is 2.23. The highest BCUT2D eigenvalue weighted by atomic mass is 16.5. The van der Waals surface area contributed by atoms with Crippen LogP contribution in [0.5, 0.6) is 5.75 Å². The molecule has 0 aliphatic carbocycles. The molecule has 0 saturated heterocycles. The fraction of sp³-hybridized carbons (Fsp3) is 0.167. The van der Waals surface area contributed by atoms with Gasteiger partial charge in [-0.05, 0) is 19.1 Å². The van der Waals surface area contributed by atoms with Crippen LogP contribution in [-0.2, 0) is 0 Å². The lowest BCUT2D eigenvalue weighted by Crippen LogP contribution is -2.18. The molecule has 0 fully saturated rings. The summed E-state index contributed by atoms with van der Waals surface area (Å²) in [6, 6.07) is 6.35. The Morgan fingerprint density at radius 3 is 2.94 bits per heavy atom. The molecule has 0 aliphatic rings. The molecule has 0 amide bonds. The number of nitrogens with zero attached hydrogens (tertiary/aromatic N) is 1. The van der Waals surface area contributed by atoms with Gasteiger partial charge < -0.3 is 20.7 Å². The number of amidine groups is 1. The lowest BCUT2D eigenvalue weighted by Gasteiger charge is -2.07. The SMILES string of the molecule is CCOc1cccc2oc(C(N)=NN)cc(=O)c12. The molecule has 1 heterocycles. The molecule has 0 unspecified atom stereocenters. The smallest absolute Gasteiger partial charge is 0.197 e. The van der Waals surface area contributed by atoms with Crippen molar-refractivity contribution >= 4 is 16.8 Å². The maximum absolute atomic E-state index is 12.0. The van der Waals surface area contributed by atoms with Crippen molar-refractivity contribution in [2.45, 2.75) is 6.92 Å². The van der Waals surface area contributed by atoms with Crippen molar-refractivity contribution in [1.29, 1.82) is 0 Å². The summed E-state index contributed by atoms with van der Waals surface area (Å²) in [7, 11) is 0. The predicted octanol–water partition coefficient (Wildman–Crippen LogP) is 0.771. The summed E-state index contributed by atoms with van der Waals surface area (Å²) >= 11 is 0. The fourth-order valence-electron chi connectivity index (χ4n) is 1.64. The Balaban J connectivity index is 2.73. The molecule has 2 aromatic rings. The van der Waals surface area contributed by atoms with E-state index in [1.54, 1.807) is 18.2 Å². The summed E-state index contributed by atoms with van der Waals surface area (Å²) in [5.74, 6) is 5.65. The van der Waals surface area contributed by atoms with Gasteiger partial charge in [-0.25, -0.2) is 0 Å². The van der Waals surface area contributed by atoms with Crippen LogP contribution in [0, 0.1) is 0 Å². The first kappa shape index (κ1) is 12.0. The largest absolute Gasteiger partial charge is 0.493 e. The Morgan fingerprint density at radius 2 is 2.28 bits per heavy atom. The van der Waals surface area contributed by atoms with Crippen molar-refractivity contribution in [2.24, 2.45) is 16.7 Å². The monoisotopic (exact) mass is 247 g/mol. The van der Waals surface area contributed by atoms with Crippen molar-refractivity contribution in [3.05, 3.63) is 40.2 Å². The first-order chi connectivity index (χ1) is 8.67. The van der Waals surface area contributed by atoms with Gasteiger partial charge in [0.2, 0.25) is 0 Å². The number of hydrogen-bond acceptors (Lipinski definition) is 5. The second kappa shape index (κ2) is 4.79. The minimum absolute atomic E-state index is 0.0317. The van der Waals surface area contributed by atoms with Crippen molar-refractivity contribution in [3.63, 3.8) is 0 Å². The van der Waals surface area contributed by atoms with E-state index in [9.17, 15) is 4.79 Å². The van der Waals surface area contributed by atoms with Crippen LogP contribution in [0.1, 0.15) is 12.7 Å². The van der Waals surface area contributed by atoms with Gasteiger partial charge in [-0.1, -0.05) is 6.07 Å². The fourth-order valence-corrected chi connectivity index (χ4v) is 1.64. The summed E-state index contributed by atoms with van der Waals surface area (Å²) in [4.78, 5) is 12.0. The predicted molar refractivity (Wildman–Crippen MR) is 68.6 cm³/mol. The van der Waals surface area contributed by atoms with Crippen LogP contribution < -0.4 is 21.7 Å². The molecular weight excluding hydrogens is 234 g/mol. The Kier molecular flexibility index (Phi) is 3.18. The Morgan fingerprint density at radius 1 is 1.50 bits per heavy atom. The third kappa shape index (κ3) is 2.00. The van der Waals surface area contributed by atoms with E-state index in [1.165, 1.54) is 6.07 Å². The van der Waals surface area contributed by atoms with E-state index in [4.69, 9.17) is 20.7 Å². The number of hydrogen-bond donors (Lipinski definition) is 2. The molecule has 0 atom stereocenters. The molecule has 1 aromatic carbocycles. The number of rotatable bonds is 3. The van der Waals surface area contributed by atoms with E-state index in [1.807, 2.05) is 6.92 Å². The van der Waals surface area contributed by atoms with Gasteiger partial charge >= 0.3 is 0 Å². The zero-order valence-corrected chi connectivity index (χ0v) is 9.84. The molecule has 6 heteroatoms. The lowest BCUT2D eigenvalue weighted by atomic mass is 10.2.